The quantitative estimate of drug-likeness (QED) is 0.722. The first kappa shape index (κ1) is 10.5. The Balaban J connectivity index is 3.45. The van der Waals surface area contributed by atoms with Crippen LogP contribution in [0, 0.1) is 0 Å². The van der Waals surface area contributed by atoms with E-state index < -0.39 is 17.9 Å². The molecule has 0 fully saturated rings. The van der Waals surface area contributed by atoms with E-state index >= 15 is 0 Å². The van der Waals surface area contributed by atoms with Crippen molar-refractivity contribution in [2.45, 2.75) is 20.0 Å². The topological polar surface area (TPSA) is 70.0 Å². The summed E-state index contributed by atoms with van der Waals surface area (Å²) in [5.74, 6) is 0. The number of aromatic nitrogens is 2. The minimum absolute atomic E-state index is 0.0418. The van der Waals surface area contributed by atoms with Crippen molar-refractivity contribution in [3.05, 3.63) is 27.0 Å². The van der Waals surface area contributed by atoms with E-state index in [4.69, 9.17) is 5.73 Å². The van der Waals surface area contributed by atoms with Gasteiger partial charge in [-0.1, -0.05) is 0 Å². The average Bonchev–Trinajstić information content (AvgIpc) is 2.18. The molecule has 0 aliphatic rings. The first-order valence-corrected chi connectivity index (χ1v) is 4.27. The highest BCUT2D eigenvalue weighted by atomic mass is 19.1. The van der Waals surface area contributed by atoms with Crippen molar-refractivity contribution in [2.75, 3.05) is 12.4 Å². The maximum Gasteiger partial charge on any atom is 0.331 e. The normalized spacial score (nSPS) is 10.4. The first-order valence-electron chi connectivity index (χ1n) is 4.27. The highest BCUT2D eigenvalue weighted by molar-refractivity contribution is 5.30. The lowest BCUT2D eigenvalue weighted by Crippen LogP contribution is -2.40. The zero-order valence-corrected chi connectivity index (χ0v) is 7.86. The van der Waals surface area contributed by atoms with Gasteiger partial charge in [-0.2, -0.15) is 0 Å². The van der Waals surface area contributed by atoms with Crippen LogP contribution in [0.2, 0.25) is 0 Å². The number of alkyl halides is 1. The Morgan fingerprint density at radius 2 is 2.14 bits per heavy atom. The third-order valence-electron chi connectivity index (χ3n) is 1.91. The number of aryl methyl sites for hydroxylation is 1. The van der Waals surface area contributed by atoms with Crippen molar-refractivity contribution in [1.82, 2.24) is 9.13 Å². The summed E-state index contributed by atoms with van der Waals surface area (Å²) in [6.45, 7) is 1.13. The van der Waals surface area contributed by atoms with Gasteiger partial charge in [-0.05, 0) is 6.92 Å². The molecule has 1 aromatic heterocycles. The molecule has 2 N–H and O–H groups in total. The van der Waals surface area contributed by atoms with Crippen LogP contribution in [0.1, 0.15) is 6.92 Å². The van der Waals surface area contributed by atoms with Gasteiger partial charge in [0.25, 0.3) is 5.56 Å². The predicted octanol–water partition coefficient (Wildman–Crippen LogP) is -0.418. The number of rotatable bonds is 3. The predicted molar refractivity (Wildman–Crippen MR) is 51.0 cm³/mol. The smallest absolute Gasteiger partial charge is 0.331 e. The molecule has 78 valence electrons. The average molecular weight is 201 g/mol. The standard InChI is InChI=1S/C8H12FN3O2/c1-2-11-5-6(10)7(13)12(4-3-9)8(11)14/h5H,2-4,10H2,1H3. The third kappa shape index (κ3) is 1.68. The Labute approximate surface area is 79.6 Å². The van der Waals surface area contributed by atoms with Crippen LogP contribution in [-0.2, 0) is 13.1 Å². The van der Waals surface area contributed by atoms with Gasteiger partial charge >= 0.3 is 5.69 Å². The summed E-state index contributed by atoms with van der Waals surface area (Å²) in [6, 6.07) is 0. The van der Waals surface area contributed by atoms with Crippen LogP contribution < -0.4 is 17.0 Å². The zero-order valence-electron chi connectivity index (χ0n) is 7.86. The summed E-state index contributed by atoms with van der Waals surface area (Å²) in [5.41, 5.74) is 4.19. The highest BCUT2D eigenvalue weighted by Gasteiger charge is 2.07. The molecule has 0 saturated heterocycles. The SMILES string of the molecule is CCn1cc(N)c(=O)n(CCF)c1=O. The van der Waals surface area contributed by atoms with Gasteiger partial charge in [-0.3, -0.25) is 13.9 Å². The summed E-state index contributed by atoms with van der Waals surface area (Å²) in [5, 5.41) is 0. The second kappa shape index (κ2) is 4.08. The summed E-state index contributed by atoms with van der Waals surface area (Å²) in [7, 11) is 0. The van der Waals surface area contributed by atoms with E-state index in [1.54, 1.807) is 6.92 Å². The van der Waals surface area contributed by atoms with Crippen LogP contribution in [0.5, 0.6) is 0 Å². The molecule has 1 aromatic rings. The lowest BCUT2D eigenvalue weighted by atomic mass is 10.5. The zero-order chi connectivity index (χ0) is 10.7. The van der Waals surface area contributed by atoms with Crippen LogP contribution in [0.25, 0.3) is 0 Å². The van der Waals surface area contributed by atoms with Gasteiger partial charge < -0.3 is 5.73 Å². The molecule has 1 rings (SSSR count). The number of nitrogens with zero attached hydrogens (tertiary/aromatic N) is 2. The molecule has 0 radical (unpaired) electrons. The van der Waals surface area contributed by atoms with Crippen molar-refractivity contribution >= 4 is 5.69 Å². The Morgan fingerprint density at radius 1 is 1.50 bits per heavy atom. The molecule has 14 heavy (non-hydrogen) atoms. The minimum Gasteiger partial charge on any atom is -0.393 e. The molecule has 5 nitrogen and oxygen atoms in total. The molecule has 1 heterocycles. The lowest BCUT2D eigenvalue weighted by Gasteiger charge is -2.07. The van der Waals surface area contributed by atoms with E-state index in [0.717, 1.165) is 4.57 Å². The monoisotopic (exact) mass is 201 g/mol. The summed E-state index contributed by atoms with van der Waals surface area (Å²) in [6.07, 6.45) is 1.28. The van der Waals surface area contributed by atoms with Gasteiger partial charge in [-0.15, -0.1) is 0 Å². The van der Waals surface area contributed by atoms with Crippen molar-refractivity contribution in [1.29, 1.82) is 0 Å². The number of halogens is 1. The Hall–Kier alpha value is -1.59. The molecule has 0 bridgehead atoms. The Kier molecular flexibility index (Phi) is 3.06. The number of hydrogen-bond donors (Lipinski definition) is 1. The first-order chi connectivity index (χ1) is 6.61. The number of nitrogen functional groups attached to an aromatic ring is 1. The van der Waals surface area contributed by atoms with Crippen LogP contribution in [0.15, 0.2) is 15.8 Å². The summed E-state index contributed by atoms with van der Waals surface area (Å²) < 4.78 is 14.1. The molecule has 0 aliphatic carbocycles. The van der Waals surface area contributed by atoms with Crippen molar-refractivity contribution in [3.63, 3.8) is 0 Å². The molecule has 0 spiro atoms. The van der Waals surface area contributed by atoms with Crippen LogP contribution >= 0.6 is 0 Å². The van der Waals surface area contributed by atoms with E-state index in [0.29, 0.717) is 6.54 Å². The molecule has 0 aromatic carbocycles. The highest BCUT2D eigenvalue weighted by Crippen LogP contribution is 1.89. The molecular formula is C8H12FN3O2. The molecule has 0 atom stereocenters. The largest absolute Gasteiger partial charge is 0.393 e. The Bertz CT molecular complexity index is 435. The van der Waals surface area contributed by atoms with Gasteiger partial charge in [0.15, 0.2) is 0 Å². The minimum atomic E-state index is -0.762. The lowest BCUT2D eigenvalue weighted by molar-refractivity contribution is 0.424. The van der Waals surface area contributed by atoms with Gasteiger partial charge in [-0.25, -0.2) is 9.18 Å². The number of hydrogen-bond acceptors (Lipinski definition) is 3. The molecule has 0 unspecified atom stereocenters. The van der Waals surface area contributed by atoms with Gasteiger partial charge in [0.1, 0.15) is 12.4 Å². The van der Waals surface area contributed by atoms with Crippen LogP contribution in [0.4, 0.5) is 10.1 Å². The second-order valence-electron chi connectivity index (χ2n) is 2.80. The summed E-state index contributed by atoms with van der Waals surface area (Å²) in [4.78, 5) is 22.8. The van der Waals surface area contributed by atoms with Crippen molar-refractivity contribution < 1.29 is 4.39 Å². The fraction of sp³-hybridized carbons (Fsp3) is 0.500. The number of anilines is 1. The molecule has 0 amide bonds. The molecule has 6 heteroatoms. The van der Waals surface area contributed by atoms with Gasteiger partial charge in [0.2, 0.25) is 0 Å². The van der Waals surface area contributed by atoms with E-state index in [1.807, 2.05) is 0 Å². The van der Waals surface area contributed by atoms with E-state index in [1.165, 1.54) is 10.8 Å². The molecule has 0 saturated carbocycles. The molecular weight excluding hydrogens is 189 g/mol. The maximum atomic E-state index is 12.1. The Morgan fingerprint density at radius 3 is 2.64 bits per heavy atom. The third-order valence-corrected chi connectivity index (χ3v) is 1.91. The molecule has 0 aliphatic heterocycles. The van der Waals surface area contributed by atoms with Crippen LogP contribution in [0.3, 0.4) is 0 Å². The fourth-order valence-corrected chi connectivity index (χ4v) is 1.18. The van der Waals surface area contributed by atoms with E-state index in [2.05, 4.69) is 0 Å². The second-order valence-corrected chi connectivity index (χ2v) is 2.80. The number of nitrogens with two attached hydrogens (primary N) is 1. The van der Waals surface area contributed by atoms with Crippen molar-refractivity contribution in [2.24, 2.45) is 0 Å². The van der Waals surface area contributed by atoms with E-state index in [9.17, 15) is 14.0 Å². The maximum absolute atomic E-state index is 12.1. The van der Waals surface area contributed by atoms with Crippen molar-refractivity contribution in [3.8, 4) is 0 Å². The van der Waals surface area contributed by atoms with Crippen LogP contribution in [-0.4, -0.2) is 15.8 Å². The van der Waals surface area contributed by atoms with E-state index in [-0.39, 0.29) is 12.2 Å². The van der Waals surface area contributed by atoms with Gasteiger partial charge in [0, 0.05) is 12.7 Å². The fourth-order valence-electron chi connectivity index (χ4n) is 1.18. The van der Waals surface area contributed by atoms with Gasteiger partial charge in [0.05, 0.1) is 6.54 Å². The summed E-state index contributed by atoms with van der Waals surface area (Å²) >= 11 is 0.